The van der Waals surface area contributed by atoms with Crippen LogP contribution in [0, 0.1) is 0 Å². The van der Waals surface area contributed by atoms with E-state index in [0.717, 1.165) is 12.1 Å². The first-order chi connectivity index (χ1) is 16.8. The smallest absolute Gasteiger partial charge is 0.255 e. The first kappa shape index (κ1) is 24.2. The van der Waals surface area contributed by atoms with E-state index in [4.69, 9.17) is 0 Å². The third kappa shape index (κ3) is 5.42. The molecule has 35 heavy (non-hydrogen) atoms. The third-order valence-electron chi connectivity index (χ3n) is 6.37. The molecule has 2 N–H and O–H groups in total. The van der Waals surface area contributed by atoms with Crippen molar-refractivity contribution in [1.29, 1.82) is 0 Å². The van der Waals surface area contributed by atoms with Gasteiger partial charge in [-0.2, -0.15) is 0 Å². The molecule has 1 aromatic carbocycles. The van der Waals surface area contributed by atoms with Crippen LogP contribution in [-0.4, -0.2) is 90.8 Å². The van der Waals surface area contributed by atoms with Crippen LogP contribution in [0.3, 0.4) is 0 Å². The number of aromatic nitrogens is 1. The van der Waals surface area contributed by atoms with Crippen molar-refractivity contribution in [3.63, 3.8) is 0 Å². The fourth-order valence-electron chi connectivity index (χ4n) is 4.35. The molecule has 4 amide bonds. The molecule has 1 aromatic heterocycles. The van der Waals surface area contributed by atoms with Crippen LogP contribution in [0.25, 0.3) is 0 Å². The van der Waals surface area contributed by atoms with Crippen LogP contribution in [-0.2, 0) is 9.59 Å². The van der Waals surface area contributed by atoms with Crippen LogP contribution < -0.4 is 15.5 Å². The van der Waals surface area contributed by atoms with E-state index in [1.807, 2.05) is 31.1 Å². The number of anilines is 1. The van der Waals surface area contributed by atoms with Crippen molar-refractivity contribution < 1.29 is 19.2 Å². The van der Waals surface area contributed by atoms with E-state index in [1.54, 1.807) is 35.4 Å². The Balaban J connectivity index is 1.56. The number of piperidine rings is 1. The average molecular weight is 479 g/mol. The Bertz CT molecular complexity index is 1090. The van der Waals surface area contributed by atoms with Crippen LogP contribution in [0.15, 0.2) is 48.8 Å². The number of nitrogens with one attached hydrogen (secondary N) is 2. The summed E-state index contributed by atoms with van der Waals surface area (Å²) in [6, 6.07) is 8.91. The topological polar surface area (TPSA) is 115 Å². The quantitative estimate of drug-likeness (QED) is 0.647. The van der Waals surface area contributed by atoms with Crippen molar-refractivity contribution in [3.8, 4) is 0 Å². The molecule has 10 heteroatoms. The summed E-state index contributed by atoms with van der Waals surface area (Å²) in [6.07, 6.45) is 4.35. The van der Waals surface area contributed by atoms with Gasteiger partial charge in [-0.1, -0.05) is 0 Å². The molecule has 0 radical (unpaired) electrons. The summed E-state index contributed by atoms with van der Waals surface area (Å²) >= 11 is 0. The fraction of sp³-hybridized carbons (Fsp3) is 0.400. The first-order valence-corrected chi connectivity index (χ1v) is 11.7. The highest BCUT2D eigenvalue weighted by molar-refractivity contribution is 6.00. The van der Waals surface area contributed by atoms with E-state index in [1.165, 1.54) is 11.1 Å². The summed E-state index contributed by atoms with van der Waals surface area (Å²) in [4.78, 5) is 61.0. The summed E-state index contributed by atoms with van der Waals surface area (Å²) in [5.74, 6) is -1.24. The molecule has 2 atom stereocenters. The SMILES string of the molecule is CN(C)c1ccc(C(=O)N2CCN(C(=O)c3cccnc3)CC2C(=O)NC2CCCNC2=O)cc1. The van der Waals surface area contributed by atoms with Crippen molar-refractivity contribution in [3.05, 3.63) is 59.9 Å². The van der Waals surface area contributed by atoms with Gasteiger partial charge in [-0.3, -0.25) is 24.2 Å². The summed E-state index contributed by atoms with van der Waals surface area (Å²) in [5, 5.41) is 5.55. The molecule has 0 bridgehead atoms. The van der Waals surface area contributed by atoms with E-state index in [2.05, 4.69) is 15.6 Å². The minimum absolute atomic E-state index is 0.0232. The van der Waals surface area contributed by atoms with E-state index in [0.29, 0.717) is 24.1 Å². The summed E-state index contributed by atoms with van der Waals surface area (Å²) < 4.78 is 0. The summed E-state index contributed by atoms with van der Waals surface area (Å²) in [5.41, 5.74) is 1.82. The maximum absolute atomic E-state index is 13.4. The zero-order valence-corrected chi connectivity index (χ0v) is 19.9. The lowest BCUT2D eigenvalue weighted by Gasteiger charge is -2.41. The zero-order valence-electron chi connectivity index (χ0n) is 19.9. The Labute approximate surface area is 204 Å². The van der Waals surface area contributed by atoms with E-state index in [9.17, 15) is 19.2 Å². The monoisotopic (exact) mass is 478 g/mol. The van der Waals surface area contributed by atoms with Gasteiger partial charge in [0.25, 0.3) is 11.8 Å². The predicted octanol–water partition coefficient (Wildman–Crippen LogP) is 0.509. The second-order valence-corrected chi connectivity index (χ2v) is 8.94. The first-order valence-electron chi connectivity index (χ1n) is 11.7. The molecule has 2 aliphatic rings. The third-order valence-corrected chi connectivity index (χ3v) is 6.37. The highest BCUT2D eigenvalue weighted by Crippen LogP contribution is 2.19. The lowest BCUT2D eigenvalue weighted by molar-refractivity contribution is -0.133. The molecule has 2 aliphatic heterocycles. The molecule has 2 unspecified atom stereocenters. The lowest BCUT2D eigenvalue weighted by Crippen LogP contribution is -2.63. The van der Waals surface area contributed by atoms with E-state index < -0.39 is 18.0 Å². The van der Waals surface area contributed by atoms with Crippen LogP contribution in [0.4, 0.5) is 5.69 Å². The molecule has 184 valence electrons. The van der Waals surface area contributed by atoms with Gasteiger partial charge >= 0.3 is 0 Å². The number of hydrogen-bond donors (Lipinski definition) is 2. The average Bonchev–Trinajstić information content (AvgIpc) is 2.89. The van der Waals surface area contributed by atoms with E-state index in [-0.39, 0.29) is 37.4 Å². The Morgan fingerprint density at radius 3 is 2.49 bits per heavy atom. The second-order valence-electron chi connectivity index (χ2n) is 8.94. The normalized spacial score (nSPS) is 20.1. The molecule has 2 saturated heterocycles. The molecule has 4 rings (SSSR count). The van der Waals surface area contributed by atoms with Crippen LogP contribution in [0.5, 0.6) is 0 Å². The van der Waals surface area contributed by atoms with Gasteiger partial charge in [-0.05, 0) is 49.2 Å². The number of benzene rings is 1. The van der Waals surface area contributed by atoms with Gasteiger partial charge in [0.05, 0.1) is 12.1 Å². The fourth-order valence-corrected chi connectivity index (χ4v) is 4.35. The number of pyridine rings is 1. The Kier molecular flexibility index (Phi) is 7.28. The summed E-state index contributed by atoms with van der Waals surface area (Å²) in [7, 11) is 3.83. The minimum atomic E-state index is -0.930. The van der Waals surface area contributed by atoms with Gasteiger partial charge < -0.3 is 25.3 Å². The van der Waals surface area contributed by atoms with Crippen molar-refractivity contribution in [2.45, 2.75) is 24.9 Å². The molecule has 0 saturated carbocycles. The number of carbonyl (C=O) groups excluding carboxylic acids is 4. The van der Waals surface area contributed by atoms with Crippen molar-refractivity contribution in [1.82, 2.24) is 25.4 Å². The molecular weight excluding hydrogens is 448 g/mol. The van der Waals surface area contributed by atoms with Gasteiger partial charge in [0, 0.05) is 57.4 Å². The largest absolute Gasteiger partial charge is 0.378 e. The number of rotatable bonds is 5. The highest BCUT2D eigenvalue weighted by atomic mass is 16.2. The minimum Gasteiger partial charge on any atom is -0.378 e. The molecular formula is C25H30N6O4. The van der Waals surface area contributed by atoms with Crippen LogP contribution in [0.2, 0.25) is 0 Å². The van der Waals surface area contributed by atoms with Gasteiger partial charge in [-0.25, -0.2) is 0 Å². The molecule has 10 nitrogen and oxygen atoms in total. The Hall–Kier alpha value is -3.95. The molecule has 2 fully saturated rings. The summed E-state index contributed by atoms with van der Waals surface area (Å²) in [6.45, 7) is 1.07. The van der Waals surface area contributed by atoms with Crippen molar-refractivity contribution in [2.75, 3.05) is 45.2 Å². The highest BCUT2D eigenvalue weighted by Gasteiger charge is 2.39. The van der Waals surface area contributed by atoms with Crippen LogP contribution >= 0.6 is 0 Å². The maximum Gasteiger partial charge on any atom is 0.255 e. The standard InChI is InChI=1S/C25H30N6O4/c1-29(2)19-9-7-17(8-10-19)25(35)31-14-13-30(24(34)18-5-3-11-26-15-18)16-21(31)23(33)28-20-6-4-12-27-22(20)32/h3,5,7-11,15,20-21H,4,6,12-14,16H2,1-2H3,(H,27,32)(H,28,33). The van der Waals surface area contributed by atoms with Gasteiger partial charge in [-0.15, -0.1) is 0 Å². The van der Waals surface area contributed by atoms with Crippen molar-refractivity contribution >= 4 is 29.3 Å². The zero-order chi connectivity index (χ0) is 24.9. The molecule has 0 aliphatic carbocycles. The van der Waals surface area contributed by atoms with Crippen LogP contribution in [0.1, 0.15) is 33.6 Å². The second kappa shape index (κ2) is 10.5. The van der Waals surface area contributed by atoms with Gasteiger partial charge in [0.1, 0.15) is 12.1 Å². The van der Waals surface area contributed by atoms with E-state index >= 15 is 0 Å². The van der Waals surface area contributed by atoms with Crippen molar-refractivity contribution in [2.24, 2.45) is 0 Å². The molecule has 0 spiro atoms. The number of amides is 4. The lowest BCUT2D eigenvalue weighted by atomic mass is 10.0. The molecule has 2 aromatic rings. The number of piperazine rings is 1. The Morgan fingerprint density at radius 1 is 1.06 bits per heavy atom. The van der Waals surface area contributed by atoms with Gasteiger partial charge in [0.2, 0.25) is 11.8 Å². The maximum atomic E-state index is 13.4. The number of carbonyl (C=O) groups is 4. The number of nitrogens with zero attached hydrogens (tertiary/aromatic N) is 4. The molecule has 3 heterocycles. The Morgan fingerprint density at radius 2 is 1.83 bits per heavy atom. The number of hydrogen-bond acceptors (Lipinski definition) is 6. The predicted molar refractivity (Wildman–Crippen MR) is 130 cm³/mol. The van der Waals surface area contributed by atoms with Gasteiger partial charge in [0.15, 0.2) is 0 Å².